The zero-order chi connectivity index (χ0) is 14.4. The van der Waals surface area contributed by atoms with E-state index in [1.165, 1.54) is 44.2 Å². The number of hydrogen-bond acceptors (Lipinski definition) is 3. The van der Waals surface area contributed by atoms with Crippen molar-refractivity contribution >= 4 is 21.7 Å². The number of aryl methyl sites for hydroxylation is 1. The van der Waals surface area contributed by atoms with Crippen LogP contribution < -0.4 is 5.32 Å². The van der Waals surface area contributed by atoms with Gasteiger partial charge < -0.3 is 10.2 Å². The van der Waals surface area contributed by atoms with Gasteiger partial charge >= 0.3 is 0 Å². The summed E-state index contributed by atoms with van der Waals surface area (Å²) < 4.78 is 1.08. The molecule has 0 atom stereocenters. The van der Waals surface area contributed by atoms with Crippen LogP contribution in [0.2, 0.25) is 0 Å². The van der Waals surface area contributed by atoms with Crippen molar-refractivity contribution in [1.29, 1.82) is 0 Å². The molecule has 0 spiro atoms. The Morgan fingerprint density at radius 1 is 1.35 bits per heavy atom. The van der Waals surface area contributed by atoms with Crippen LogP contribution in [0.4, 0.5) is 5.82 Å². The Morgan fingerprint density at radius 3 is 2.85 bits per heavy atom. The van der Waals surface area contributed by atoms with E-state index in [1.807, 2.05) is 12.3 Å². The Bertz CT molecular complexity index is 416. The summed E-state index contributed by atoms with van der Waals surface area (Å²) in [5.74, 6) is 0.963. The number of halogens is 1. The highest BCUT2D eigenvalue weighted by Gasteiger charge is 2.17. The first-order valence-corrected chi connectivity index (χ1v) is 8.53. The van der Waals surface area contributed by atoms with Crippen LogP contribution >= 0.6 is 15.9 Å². The van der Waals surface area contributed by atoms with E-state index in [1.54, 1.807) is 0 Å². The minimum Gasteiger partial charge on any atom is -0.369 e. The van der Waals surface area contributed by atoms with E-state index in [0.29, 0.717) is 0 Å². The topological polar surface area (TPSA) is 28.2 Å². The van der Waals surface area contributed by atoms with Gasteiger partial charge in [0.1, 0.15) is 5.82 Å². The van der Waals surface area contributed by atoms with Gasteiger partial charge in [-0.3, -0.25) is 0 Å². The lowest BCUT2D eigenvalue weighted by Crippen LogP contribution is -2.34. The first-order chi connectivity index (χ1) is 9.68. The quantitative estimate of drug-likeness (QED) is 0.786. The standard InChI is InChI=1S/C16H26BrN3/c1-13-9-11-19-16(15(13)17)18-10-6-12-20(2)14-7-4-3-5-8-14/h9,11,14H,3-8,10,12H2,1-2H3,(H,18,19). The molecule has 0 radical (unpaired) electrons. The van der Waals surface area contributed by atoms with Crippen LogP contribution in [0, 0.1) is 6.92 Å². The van der Waals surface area contributed by atoms with Crippen molar-refractivity contribution in [2.24, 2.45) is 0 Å². The van der Waals surface area contributed by atoms with E-state index in [2.05, 4.69) is 45.1 Å². The summed E-state index contributed by atoms with van der Waals surface area (Å²) in [7, 11) is 2.27. The number of aromatic nitrogens is 1. The highest BCUT2D eigenvalue weighted by atomic mass is 79.9. The van der Waals surface area contributed by atoms with Crippen molar-refractivity contribution in [2.45, 2.75) is 51.5 Å². The number of nitrogens with zero attached hydrogens (tertiary/aromatic N) is 2. The molecule has 0 amide bonds. The lowest BCUT2D eigenvalue weighted by molar-refractivity contribution is 0.191. The molecular formula is C16H26BrN3. The molecule has 20 heavy (non-hydrogen) atoms. The summed E-state index contributed by atoms with van der Waals surface area (Å²) in [6.45, 7) is 4.24. The third-order valence-corrected chi connectivity index (χ3v) is 5.26. The second-order valence-electron chi connectivity index (χ2n) is 5.84. The summed E-state index contributed by atoms with van der Waals surface area (Å²) in [6, 6.07) is 2.83. The van der Waals surface area contributed by atoms with Gasteiger partial charge in [-0.2, -0.15) is 0 Å². The van der Waals surface area contributed by atoms with E-state index in [-0.39, 0.29) is 0 Å². The predicted octanol–water partition coefficient (Wildman–Crippen LogP) is 4.22. The van der Waals surface area contributed by atoms with Crippen molar-refractivity contribution < 1.29 is 0 Å². The zero-order valence-corrected chi connectivity index (χ0v) is 14.2. The van der Waals surface area contributed by atoms with E-state index in [4.69, 9.17) is 0 Å². The highest BCUT2D eigenvalue weighted by Crippen LogP contribution is 2.23. The van der Waals surface area contributed by atoms with Crippen molar-refractivity contribution in [2.75, 3.05) is 25.5 Å². The lowest BCUT2D eigenvalue weighted by Gasteiger charge is -2.31. The van der Waals surface area contributed by atoms with E-state index in [0.717, 1.165) is 29.3 Å². The van der Waals surface area contributed by atoms with Crippen molar-refractivity contribution in [3.05, 3.63) is 22.3 Å². The van der Waals surface area contributed by atoms with E-state index < -0.39 is 0 Å². The number of anilines is 1. The average molecular weight is 340 g/mol. The Hall–Kier alpha value is -0.610. The van der Waals surface area contributed by atoms with Crippen LogP contribution in [-0.2, 0) is 0 Å². The molecule has 112 valence electrons. The normalized spacial score (nSPS) is 16.6. The Morgan fingerprint density at radius 2 is 2.10 bits per heavy atom. The smallest absolute Gasteiger partial charge is 0.140 e. The first-order valence-electron chi connectivity index (χ1n) is 7.73. The molecule has 1 aliphatic carbocycles. The fraction of sp³-hybridized carbons (Fsp3) is 0.688. The summed E-state index contributed by atoms with van der Waals surface area (Å²) in [6.07, 6.45) is 10.0. The molecule has 0 aliphatic heterocycles. The molecule has 1 aromatic heterocycles. The molecule has 1 fully saturated rings. The van der Waals surface area contributed by atoms with Gasteiger partial charge in [-0.05, 0) is 67.3 Å². The van der Waals surface area contributed by atoms with Crippen LogP contribution in [0.25, 0.3) is 0 Å². The van der Waals surface area contributed by atoms with Gasteiger partial charge in [0.2, 0.25) is 0 Å². The number of rotatable bonds is 6. The first kappa shape index (κ1) is 15.8. The van der Waals surface area contributed by atoms with Gasteiger partial charge in [-0.1, -0.05) is 19.3 Å². The van der Waals surface area contributed by atoms with Crippen LogP contribution in [0.3, 0.4) is 0 Å². The van der Waals surface area contributed by atoms with Gasteiger partial charge in [0.05, 0.1) is 4.47 Å². The van der Waals surface area contributed by atoms with Crippen molar-refractivity contribution in [3.63, 3.8) is 0 Å². The summed E-state index contributed by atoms with van der Waals surface area (Å²) in [4.78, 5) is 6.92. The number of pyridine rings is 1. The maximum absolute atomic E-state index is 4.37. The molecule has 0 bridgehead atoms. The Kier molecular flexibility index (Phi) is 6.30. The molecule has 1 aliphatic rings. The second kappa shape index (κ2) is 7.99. The van der Waals surface area contributed by atoms with Gasteiger partial charge in [0, 0.05) is 18.8 Å². The average Bonchev–Trinajstić information content (AvgIpc) is 2.48. The zero-order valence-electron chi connectivity index (χ0n) is 12.7. The van der Waals surface area contributed by atoms with Gasteiger partial charge in [0.25, 0.3) is 0 Å². The molecule has 3 nitrogen and oxygen atoms in total. The van der Waals surface area contributed by atoms with Gasteiger partial charge in [0.15, 0.2) is 0 Å². The van der Waals surface area contributed by atoms with E-state index >= 15 is 0 Å². The van der Waals surface area contributed by atoms with Gasteiger partial charge in [-0.15, -0.1) is 0 Å². The minimum absolute atomic E-state index is 0.813. The molecule has 2 rings (SSSR count). The molecule has 0 unspecified atom stereocenters. The largest absolute Gasteiger partial charge is 0.369 e. The maximum Gasteiger partial charge on any atom is 0.140 e. The van der Waals surface area contributed by atoms with Crippen LogP contribution in [0.5, 0.6) is 0 Å². The SMILES string of the molecule is Cc1ccnc(NCCCN(C)C2CCCCC2)c1Br. The highest BCUT2D eigenvalue weighted by molar-refractivity contribution is 9.10. The molecule has 0 saturated heterocycles. The fourth-order valence-corrected chi connectivity index (χ4v) is 3.28. The number of nitrogens with one attached hydrogen (secondary N) is 1. The van der Waals surface area contributed by atoms with E-state index in [9.17, 15) is 0 Å². The van der Waals surface area contributed by atoms with Gasteiger partial charge in [-0.25, -0.2) is 4.98 Å². The summed E-state index contributed by atoms with van der Waals surface area (Å²) >= 11 is 3.59. The van der Waals surface area contributed by atoms with Crippen molar-refractivity contribution in [1.82, 2.24) is 9.88 Å². The maximum atomic E-state index is 4.37. The summed E-state index contributed by atoms with van der Waals surface area (Å²) in [5, 5.41) is 3.43. The molecule has 1 aromatic rings. The second-order valence-corrected chi connectivity index (χ2v) is 6.64. The number of hydrogen-bond donors (Lipinski definition) is 1. The summed E-state index contributed by atoms with van der Waals surface area (Å²) in [5.41, 5.74) is 1.22. The van der Waals surface area contributed by atoms with Crippen LogP contribution in [-0.4, -0.2) is 36.1 Å². The minimum atomic E-state index is 0.813. The molecular weight excluding hydrogens is 314 g/mol. The molecule has 4 heteroatoms. The monoisotopic (exact) mass is 339 g/mol. The third-order valence-electron chi connectivity index (χ3n) is 4.26. The van der Waals surface area contributed by atoms with Crippen molar-refractivity contribution in [3.8, 4) is 0 Å². The van der Waals surface area contributed by atoms with Crippen LogP contribution in [0.15, 0.2) is 16.7 Å². The molecule has 1 saturated carbocycles. The Labute approximate surface area is 131 Å². The Balaban J connectivity index is 1.69. The lowest BCUT2D eigenvalue weighted by atomic mass is 9.94. The predicted molar refractivity (Wildman–Crippen MR) is 89.3 cm³/mol. The van der Waals surface area contributed by atoms with Crippen LogP contribution in [0.1, 0.15) is 44.1 Å². The molecule has 0 aromatic carbocycles. The third kappa shape index (κ3) is 4.45. The molecule has 1 N–H and O–H groups in total. The fourth-order valence-electron chi connectivity index (χ4n) is 2.90. The molecule has 1 heterocycles.